The highest BCUT2D eigenvalue weighted by Crippen LogP contribution is 2.29. The van der Waals surface area contributed by atoms with Crippen molar-refractivity contribution in [3.63, 3.8) is 0 Å². The number of benzene rings is 3. The van der Waals surface area contributed by atoms with Gasteiger partial charge >= 0.3 is 0 Å². The Morgan fingerprint density at radius 2 is 1.90 bits per heavy atom. The van der Waals surface area contributed by atoms with Crippen LogP contribution in [0.15, 0.2) is 66.7 Å². The molecule has 0 unspecified atom stereocenters. The number of nitrogens with zero attached hydrogens (tertiary/aromatic N) is 1. The molecule has 4 rings (SSSR count). The predicted octanol–water partition coefficient (Wildman–Crippen LogP) is 5.53. The van der Waals surface area contributed by atoms with Gasteiger partial charge < -0.3 is 15.0 Å². The molecule has 3 aromatic carbocycles. The molecule has 29 heavy (non-hydrogen) atoms. The summed E-state index contributed by atoms with van der Waals surface area (Å²) in [4.78, 5) is 15.9. The molecule has 1 heterocycles. The molecule has 5 nitrogen and oxygen atoms in total. The van der Waals surface area contributed by atoms with Crippen LogP contribution < -0.4 is 10.1 Å². The minimum Gasteiger partial charge on any atom is -0.456 e. The monoisotopic (exact) mass is 385 g/mol. The molecule has 2 N–H and O–H groups in total. The van der Waals surface area contributed by atoms with E-state index in [0.717, 1.165) is 0 Å². The molecular weight excluding hydrogens is 369 g/mol. The fourth-order valence-electron chi connectivity index (χ4n) is 3.18. The Labute approximate surface area is 166 Å². The maximum Gasteiger partial charge on any atom is 0.258 e. The number of hydrogen-bond acceptors (Lipinski definition) is 3. The summed E-state index contributed by atoms with van der Waals surface area (Å²) >= 11 is 0. The topological polar surface area (TPSA) is 77.9 Å². The van der Waals surface area contributed by atoms with Crippen molar-refractivity contribution in [3.05, 3.63) is 89.4 Å². The van der Waals surface area contributed by atoms with Gasteiger partial charge in [0.05, 0.1) is 11.1 Å². The molecule has 0 spiro atoms. The van der Waals surface area contributed by atoms with E-state index in [4.69, 9.17) is 4.74 Å². The Morgan fingerprint density at radius 1 is 1.10 bits per heavy atom. The number of halogens is 1. The first-order chi connectivity index (χ1) is 14.0. The lowest BCUT2D eigenvalue weighted by Gasteiger charge is -2.10. The van der Waals surface area contributed by atoms with Gasteiger partial charge in [-0.3, -0.25) is 4.79 Å². The van der Waals surface area contributed by atoms with Gasteiger partial charge in [0.2, 0.25) is 0 Å². The summed E-state index contributed by atoms with van der Waals surface area (Å²) in [6, 6.07) is 20.3. The van der Waals surface area contributed by atoms with Crippen LogP contribution in [0.25, 0.3) is 10.9 Å². The Bertz CT molecular complexity index is 1260. The van der Waals surface area contributed by atoms with Crippen LogP contribution in [0.5, 0.6) is 11.5 Å². The number of nitriles is 1. The summed E-state index contributed by atoms with van der Waals surface area (Å²) in [5.74, 6) is 0.193. The number of aryl methyl sites for hydroxylation is 1. The largest absolute Gasteiger partial charge is 0.456 e. The molecule has 0 aliphatic carbocycles. The summed E-state index contributed by atoms with van der Waals surface area (Å²) in [6.07, 6.45) is 0. The molecule has 142 valence electrons. The van der Waals surface area contributed by atoms with Gasteiger partial charge in [-0.2, -0.15) is 5.26 Å². The smallest absolute Gasteiger partial charge is 0.258 e. The van der Waals surface area contributed by atoms with Crippen molar-refractivity contribution < 1.29 is 13.9 Å². The van der Waals surface area contributed by atoms with Crippen LogP contribution in [0.1, 0.15) is 21.6 Å². The fraction of sp³-hybridized carbons (Fsp3) is 0.0435. The van der Waals surface area contributed by atoms with E-state index < -0.39 is 5.82 Å². The Kier molecular flexibility index (Phi) is 4.71. The van der Waals surface area contributed by atoms with Gasteiger partial charge in [-0.1, -0.05) is 18.2 Å². The average Bonchev–Trinajstić information content (AvgIpc) is 3.04. The van der Waals surface area contributed by atoms with E-state index >= 15 is 0 Å². The summed E-state index contributed by atoms with van der Waals surface area (Å²) in [5.41, 5.74) is 2.40. The third kappa shape index (κ3) is 3.66. The Morgan fingerprint density at radius 3 is 2.66 bits per heavy atom. The van der Waals surface area contributed by atoms with Crippen LogP contribution >= 0.6 is 0 Å². The number of amides is 1. The average molecular weight is 385 g/mol. The first-order valence-electron chi connectivity index (χ1n) is 8.91. The van der Waals surface area contributed by atoms with Crippen LogP contribution in [-0.2, 0) is 0 Å². The van der Waals surface area contributed by atoms with Crippen molar-refractivity contribution >= 4 is 22.5 Å². The fourth-order valence-corrected chi connectivity index (χ4v) is 3.18. The number of ether oxygens (including phenoxy) is 1. The zero-order valence-corrected chi connectivity index (χ0v) is 15.5. The zero-order chi connectivity index (χ0) is 20.4. The highest BCUT2D eigenvalue weighted by molar-refractivity contribution is 6.14. The molecule has 0 saturated heterocycles. The van der Waals surface area contributed by atoms with E-state index in [1.165, 1.54) is 12.1 Å². The summed E-state index contributed by atoms with van der Waals surface area (Å²) in [6.45, 7) is 1.75. The number of fused-ring (bicyclic) bond motifs is 1. The number of para-hydroxylation sites is 1. The number of rotatable bonds is 4. The van der Waals surface area contributed by atoms with Crippen LogP contribution in [0, 0.1) is 24.1 Å². The van der Waals surface area contributed by atoms with Crippen molar-refractivity contribution in [2.75, 3.05) is 5.32 Å². The summed E-state index contributed by atoms with van der Waals surface area (Å²) in [5, 5.41) is 12.7. The van der Waals surface area contributed by atoms with E-state index in [0.29, 0.717) is 39.3 Å². The molecule has 0 atom stereocenters. The van der Waals surface area contributed by atoms with Crippen LogP contribution in [-0.4, -0.2) is 10.9 Å². The number of aromatic nitrogens is 1. The number of aromatic amines is 1. The minimum atomic E-state index is -0.417. The molecule has 0 fully saturated rings. The highest BCUT2D eigenvalue weighted by Gasteiger charge is 2.17. The second-order valence-electron chi connectivity index (χ2n) is 6.51. The van der Waals surface area contributed by atoms with Crippen molar-refractivity contribution in [2.24, 2.45) is 0 Å². The number of nitrogens with one attached hydrogen (secondary N) is 2. The molecule has 0 radical (unpaired) electrons. The molecule has 0 saturated carbocycles. The maximum absolute atomic E-state index is 13.6. The first kappa shape index (κ1) is 18.3. The molecule has 0 bridgehead atoms. The van der Waals surface area contributed by atoms with E-state index in [9.17, 15) is 14.4 Å². The lowest BCUT2D eigenvalue weighted by atomic mass is 10.1. The summed E-state index contributed by atoms with van der Waals surface area (Å²) in [7, 11) is 0. The number of H-pyrrole nitrogens is 1. The van der Waals surface area contributed by atoms with E-state index in [-0.39, 0.29) is 11.5 Å². The van der Waals surface area contributed by atoms with Gasteiger partial charge in [0.25, 0.3) is 5.91 Å². The third-order valence-electron chi connectivity index (χ3n) is 4.50. The van der Waals surface area contributed by atoms with Crippen LogP contribution in [0.2, 0.25) is 0 Å². The van der Waals surface area contributed by atoms with Gasteiger partial charge in [0, 0.05) is 22.3 Å². The second kappa shape index (κ2) is 7.49. The van der Waals surface area contributed by atoms with Gasteiger partial charge in [0.15, 0.2) is 0 Å². The molecule has 1 amide bonds. The van der Waals surface area contributed by atoms with Crippen LogP contribution in [0.3, 0.4) is 0 Å². The Hall–Kier alpha value is -4.11. The SMILES string of the molecule is Cc1[nH]c2ccc(F)cc2c1C(=O)Nc1ccc(Oc2ccccc2)c(C#N)c1. The predicted molar refractivity (Wildman–Crippen MR) is 109 cm³/mol. The van der Waals surface area contributed by atoms with Crippen molar-refractivity contribution in [1.82, 2.24) is 4.98 Å². The standard InChI is InChI=1S/C23H16FN3O2/c1-14-22(19-12-16(24)7-9-20(19)26-14)23(28)27-17-8-10-21(15(11-17)13-25)29-18-5-3-2-4-6-18/h2-12,26H,1H3,(H,27,28). The van der Waals surface area contributed by atoms with Gasteiger partial charge in [-0.05, 0) is 55.5 Å². The molecule has 0 aliphatic rings. The maximum atomic E-state index is 13.6. The van der Waals surface area contributed by atoms with E-state index in [2.05, 4.69) is 16.4 Å². The first-order valence-corrected chi connectivity index (χ1v) is 8.91. The number of carbonyl (C=O) groups excluding carboxylic acids is 1. The zero-order valence-electron chi connectivity index (χ0n) is 15.5. The third-order valence-corrected chi connectivity index (χ3v) is 4.50. The van der Waals surface area contributed by atoms with Crippen molar-refractivity contribution in [3.8, 4) is 17.6 Å². The van der Waals surface area contributed by atoms with Gasteiger partial charge in [-0.15, -0.1) is 0 Å². The second-order valence-corrected chi connectivity index (χ2v) is 6.51. The Balaban J connectivity index is 1.62. The minimum absolute atomic E-state index is 0.286. The number of anilines is 1. The molecule has 4 aromatic rings. The van der Waals surface area contributed by atoms with E-state index in [1.807, 2.05) is 18.2 Å². The van der Waals surface area contributed by atoms with Crippen molar-refractivity contribution in [1.29, 1.82) is 5.26 Å². The van der Waals surface area contributed by atoms with E-state index in [1.54, 1.807) is 43.3 Å². The number of hydrogen-bond donors (Lipinski definition) is 2. The van der Waals surface area contributed by atoms with Crippen LogP contribution in [0.4, 0.5) is 10.1 Å². The molecule has 0 aliphatic heterocycles. The molecule has 6 heteroatoms. The van der Waals surface area contributed by atoms with Gasteiger partial charge in [-0.25, -0.2) is 4.39 Å². The van der Waals surface area contributed by atoms with Gasteiger partial charge in [0.1, 0.15) is 23.4 Å². The lowest BCUT2D eigenvalue weighted by Crippen LogP contribution is -2.13. The molecule has 1 aromatic heterocycles. The normalized spacial score (nSPS) is 10.5. The summed E-state index contributed by atoms with van der Waals surface area (Å²) < 4.78 is 19.4. The quantitative estimate of drug-likeness (QED) is 0.485. The highest BCUT2D eigenvalue weighted by atomic mass is 19.1. The van der Waals surface area contributed by atoms with Crippen molar-refractivity contribution in [2.45, 2.75) is 6.92 Å². The molecular formula is C23H16FN3O2. The number of carbonyl (C=O) groups is 1. The lowest BCUT2D eigenvalue weighted by molar-refractivity contribution is 0.102.